The molecule has 0 atom stereocenters. The van der Waals surface area contributed by atoms with E-state index < -0.39 is 20.9 Å². The number of nitriles is 1. The summed E-state index contributed by atoms with van der Waals surface area (Å²) in [5.74, 6) is -0.826. The summed E-state index contributed by atoms with van der Waals surface area (Å²) in [6.45, 7) is 1.89. The van der Waals surface area contributed by atoms with Gasteiger partial charge in [0.15, 0.2) is 0 Å². The van der Waals surface area contributed by atoms with Crippen LogP contribution in [0.2, 0.25) is 0 Å². The summed E-state index contributed by atoms with van der Waals surface area (Å²) in [5.41, 5.74) is 1.08. The van der Waals surface area contributed by atoms with Crippen LogP contribution in [0.5, 0.6) is 5.75 Å². The van der Waals surface area contributed by atoms with Crippen LogP contribution in [0.4, 0.5) is 11.4 Å². The van der Waals surface area contributed by atoms with E-state index in [-0.39, 0.29) is 27.5 Å². The summed E-state index contributed by atoms with van der Waals surface area (Å²) in [7, 11) is -4.36. The fraction of sp³-hybridized carbons (Fsp3) is 0.0435. The molecule has 0 aliphatic rings. The van der Waals surface area contributed by atoms with E-state index in [0.717, 1.165) is 29.8 Å². The van der Waals surface area contributed by atoms with E-state index >= 15 is 0 Å². The highest BCUT2D eigenvalue weighted by Crippen LogP contribution is 2.29. The van der Waals surface area contributed by atoms with E-state index in [1.165, 1.54) is 24.3 Å². The zero-order valence-electron chi connectivity index (χ0n) is 17.6. The van der Waals surface area contributed by atoms with Gasteiger partial charge >= 0.3 is 10.1 Å². The minimum absolute atomic E-state index is 0.141. The number of nitrogens with one attached hydrogen (secondary N) is 1. The molecule has 0 radical (unpaired) electrons. The first-order valence-corrected chi connectivity index (χ1v) is 11.8. The largest absolute Gasteiger partial charge is 0.378 e. The van der Waals surface area contributed by atoms with Gasteiger partial charge in [-0.1, -0.05) is 33.6 Å². The summed E-state index contributed by atoms with van der Waals surface area (Å²) < 4.78 is 31.2. The van der Waals surface area contributed by atoms with Gasteiger partial charge in [0, 0.05) is 27.9 Å². The second kappa shape index (κ2) is 10.3. The Hall–Kier alpha value is -4.01. The number of anilines is 1. The molecule has 34 heavy (non-hydrogen) atoms. The van der Waals surface area contributed by atoms with Gasteiger partial charge in [-0.3, -0.25) is 14.9 Å². The van der Waals surface area contributed by atoms with Crippen molar-refractivity contribution in [3.8, 4) is 11.8 Å². The zero-order valence-corrected chi connectivity index (χ0v) is 20.0. The molecule has 3 aromatic carbocycles. The molecule has 0 heterocycles. The maximum atomic E-state index is 12.7. The Bertz CT molecular complexity index is 1430. The summed E-state index contributed by atoms with van der Waals surface area (Å²) >= 11 is 3.27. The third-order valence-electron chi connectivity index (χ3n) is 4.48. The molecular formula is C23H16BrN3O6S. The van der Waals surface area contributed by atoms with Crippen LogP contribution in [0.15, 0.2) is 81.7 Å². The number of carbonyl (C=O) groups excluding carboxylic acids is 1. The summed E-state index contributed by atoms with van der Waals surface area (Å²) in [4.78, 5) is 22.4. The molecule has 9 nitrogen and oxygen atoms in total. The Morgan fingerprint density at radius 1 is 1.12 bits per heavy atom. The summed E-state index contributed by atoms with van der Waals surface area (Å²) in [5, 5.41) is 22.9. The van der Waals surface area contributed by atoms with E-state index in [1.807, 2.05) is 6.92 Å². The molecule has 1 N–H and O–H groups in total. The van der Waals surface area contributed by atoms with Crippen LogP contribution in [-0.4, -0.2) is 19.2 Å². The molecule has 3 rings (SSSR count). The first-order valence-electron chi connectivity index (χ1n) is 9.57. The molecule has 0 saturated carbocycles. The second-order valence-electron chi connectivity index (χ2n) is 6.96. The van der Waals surface area contributed by atoms with Crippen LogP contribution >= 0.6 is 15.9 Å². The number of hydrogen-bond acceptors (Lipinski definition) is 7. The average molecular weight is 542 g/mol. The van der Waals surface area contributed by atoms with Crippen molar-refractivity contribution in [2.75, 3.05) is 5.32 Å². The predicted octanol–water partition coefficient (Wildman–Crippen LogP) is 4.98. The van der Waals surface area contributed by atoms with Crippen molar-refractivity contribution in [1.29, 1.82) is 5.26 Å². The highest BCUT2D eigenvalue weighted by Gasteiger charge is 2.20. The van der Waals surface area contributed by atoms with Crippen molar-refractivity contribution < 1.29 is 22.3 Å². The normalized spacial score (nSPS) is 11.4. The molecule has 0 unspecified atom stereocenters. The Balaban J connectivity index is 1.92. The van der Waals surface area contributed by atoms with E-state index in [0.29, 0.717) is 10.2 Å². The molecule has 0 aliphatic heterocycles. The lowest BCUT2D eigenvalue weighted by Gasteiger charge is -2.11. The van der Waals surface area contributed by atoms with Gasteiger partial charge in [-0.05, 0) is 55.5 Å². The number of nitro benzene ring substituents is 1. The van der Waals surface area contributed by atoms with Crippen molar-refractivity contribution >= 4 is 49.4 Å². The van der Waals surface area contributed by atoms with Crippen molar-refractivity contribution in [3.63, 3.8) is 0 Å². The Morgan fingerprint density at radius 2 is 1.76 bits per heavy atom. The summed E-state index contributed by atoms with van der Waals surface area (Å²) in [6.07, 6.45) is 1.20. The van der Waals surface area contributed by atoms with Gasteiger partial charge in [0.2, 0.25) is 0 Å². The SMILES string of the molecule is Cc1ccc(NC(=O)C(C#N)=Cc2cc(Br)ccc2OS(=O)(=O)c2ccc([N+](=O)[O-])cc2)cc1. The molecule has 0 spiro atoms. The fourth-order valence-electron chi connectivity index (χ4n) is 2.75. The maximum Gasteiger partial charge on any atom is 0.339 e. The smallest absolute Gasteiger partial charge is 0.339 e. The number of amides is 1. The third kappa shape index (κ3) is 6.06. The molecule has 1 amide bonds. The standard InChI is InChI=1S/C23H16BrN3O6S/c1-15-2-5-19(6-3-15)26-23(28)17(14-25)12-16-13-18(24)4-11-22(16)33-34(31,32)21-9-7-20(8-10-21)27(29)30/h2-13H,1H3,(H,26,28). The topological polar surface area (TPSA) is 139 Å². The molecule has 172 valence electrons. The van der Waals surface area contributed by atoms with Gasteiger partial charge in [-0.2, -0.15) is 13.7 Å². The number of nitrogens with zero attached hydrogens (tertiary/aromatic N) is 2. The predicted molar refractivity (Wildman–Crippen MR) is 128 cm³/mol. The van der Waals surface area contributed by atoms with Crippen LogP contribution in [0.1, 0.15) is 11.1 Å². The number of carbonyl (C=O) groups is 1. The highest BCUT2D eigenvalue weighted by atomic mass is 79.9. The van der Waals surface area contributed by atoms with Crippen LogP contribution in [0, 0.1) is 28.4 Å². The quantitative estimate of drug-likeness (QED) is 0.146. The zero-order chi connectivity index (χ0) is 24.9. The number of non-ortho nitro benzene ring substituents is 1. The van der Waals surface area contributed by atoms with Gasteiger partial charge in [0.1, 0.15) is 22.3 Å². The second-order valence-corrected chi connectivity index (χ2v) is 9.42. The molecule has 3 aromatic rings. The van der Waals surface area contributed by atoms with Crippen LogP contribution in [0.25, 0.3) is 6.08 Å². The molecule has 0 bridgehead atoms. The number of halogens is 1. The minimum Gasteiger partial charge on any atom is -0.378 e. The lowest BCUT2D eigenvalue weighted by Crippen LogP contribution is -2.14. The van der Waals surface area contributed by atoms with Gasteiger partial charge in [-0.15, -0.1) is 0 Å². The molecule has 0 fully saturated rings. The number of rotatable bonds is 7. The van der Waals surface area contributed by atoms with Crippen LogP contribution in [0.3, 0.4) is 0 Å². The third-order valence-corrected chi connectivity index (χ3v) is 6.22. The number of nitro groups is 1. The lowest BCUT2D eigenvalue weighted by atomic mass is 10.1. The Kier molecular flexibility index (Phi) is 7.45. The molecule has 0 aliphatic carbocycles. The van der Waals surface area contributed by atoms with Crippen molar-refractivity contribution in [3.05, 3.63) is 98.0 Å². The maximum absolute atomic E-state index is 12.7. The van der Waals surface area contributed by atoms with Gasteiger partial charge in [0.25, 0.3) is 11.6 Å². The van der Waals surface area contributed by atoms with E-state index in [1.54, 1.807) is 30.3 Å². The van der Waals surface area contributed by atoms with Crippen molar-refractivity contribution in [1.82, 2.24) is 0 Å². The van der Waals surface area contributed by atoms with Gasteiger partial charge in [0.05, 0.1) is 4.92 Å². The highest BCUT2D eigenvalue weighted by molar-refractivity contribution is 9.10. The first kappa shape index (κ1) is 24.6. The van der Waals surface area contributed by atoms with Crippen LogP contribution in [-0.2, 0) is 14.9 Å². The monoisotopic (exact) mass is 541 g/mol. The van der Waals surface area contributed by atoms with E-state index in [2.05, 4.69) is 21.2 Å². The number of benzene rings is 3. The average Bonchev–Trinajstić information content (AvgIpc) is 2.80. The fourth-order valence-corrected chi connectivity index (χ4v) is 4.08. The lowest BCUT2D eigenvalue weighted by molar-refractivity contribution is -0.384. The van der Waals surface area contributed by atoms with Crippen molar-refractivity contribution in [2.24, 2.45) is 0 Å². The minimum atomic E-state index is -4.36. The molecule has 11 heteroatoms. The van der Waals surface area contributed by atoms with E-state index in [4.69, 9.17) is 4.18 Å². The Labute approximate surface area is 203 Å². The number of aryl methyl sites for hydroxylation is 1. The first-order chi connectivity index (χ1) is 16.1. The Morgan fingerprint density at radius 3 is 2.35 bits per heavy atom. The van der Waals surface area contributed by atoms with Crippen molar-refractivity contribution in [2.45, 2.75) is 11.8 Å². The molecule has 0 aromatic heterocycles. The van der Waals surface area contributed by atoms with Crippen LogP contribution < -0.4 is 9.50 Å². The summed E-state index contributed by atoms with van der Waals surface area (Å²) in [6, 6.07) is 17.3. The number of hydrogen-bond donors (Lipinski definition) is 1. The van der Waals surface area contributed by atoms with Gasteiger partial charge < -0.3 is 9.50 Å². The molecular weight excluding hydrogens is 526 g/mol. The van der Waals surface area contributed by atoms with Gasteiger partial charge in [-0.25, -0.2) is 0 Å². The van der Waals surface area contributed by atoms with E-state index in [9.17, 15) is 28.6 Å². The molecule has 0 saturated heterocycles.